The first-order chi connectivity index (χ1) is 8.39. The summed E-state index contributed by atoms with van der Waals surface area (Å²) >= 11 is 0. The maximum Gasteiger partial charge on any atom is 0.242 e. The van der Waals surface area contributed by atoms with Gasteiger partial charge in [-0.15, -0.1) is 0 Å². The van der Waals surface area contributed by atoms with Crippen LogP contribution >= 0.6 is 0 Å². The summed E-state index contributed by atoms with van der Waals surface area (Å²) in [6.45, 7) is 3.40. The van der Waals surface area contributed by atoms with Gasteiger partial charge in [0.1, 0.15) is 10.7 Å². The number of hydrogen-bond donors (Lipinski definition) is 3. The number of aliphatic hydroxyl groups is 1. The van der Waals surface area contributed by atoms with Crippen LogP contribution in [0.4, 0.5) is 5.82 Å². The van der Waals surface area contributed by atoms with Gasteiger partial charge < -0.3 is 10.8 Å². The third-order valence-corrected chi connectivity index (χ3v) is 4.64. The number of pyridine rings is 1. The van der Waals surface area contributed by atoms with Gasteiger partial charge in [-0.3, -0.25) is 0 Å². The molecule has 0 spiro atoms. The van der Waals surface area contributed by atoms with Crippen molar-refractivity contribution < 1.29 is 13.5 Å². The zero-order valence-corrected chi connectivity index (χ0v) is 11.4. The molecule has 4 N–H and O–H groups in total. The number of aliphatic hydroxyl groups excluding tert-OH is 1. The molecule has 7 heteroatoms. The molecule has 0 saturated heterocycles. The second-order valence-electron chi connectivity index (χ2n) is 4.17. The van der Waals surface area contributed by atoms with Crippen molar-refractivity contribution in [2.24, 2.45) is 0 Å². The molecule has 6 nitrogen and oxygen atoms in total. The van der Waals surface area contributed by atoms with Crippen LogP contribution in [0.15, 0.2) is 23.2 Å². The van der Waals surface area contributed by atoms with Gasteiger partial charge in [0.05, 0.1) is 12.1 Å². The van der Waals surface area contributed by atoms with Crippen molar-refractivity contribution in [3.8, 4) is 0 Å². The summed E-state index contributed by atoms with van der Waals surface area (Å²) in [5, 5.41) is 9.37. The topological polar surface area (TPSA) is 105 Å². The molecule has 102 valence electrons. The van der Waals surface area contributed by atoms with Crippen molar-refractivity contribution in [3.05, 3.63) is 18.3 Å². The second-order valence-corrected chi connectivity index (χ2v) is 5.85. The van der Waals surface area contributed by atoms with Crippen LogP contribution in [0.25, 0.3) is 0 Å². The van der Waals surface area contributed by atoms with Gasteiger partial charge >= 0.3 is 0 Å². The number of nitrogens with one attached hydrogen (secondary N) is 1. The van der Waals surface area contributed by atoms with E-state index in [4.69, 9.17) is 5.73 Å². The normalized spacial score (nSPS) is 12.6. The third kappa shape index (κ3) is 3.18. The molecule has 0 aliphatic rings. The van der Waals surface area contributed by atoms with Gasteiger partial charge in [-0.05, 0) is 25.0 Å². The van der Waals surface area contributed by atoms with Crippen LogP contribution in [-0.2, 0) is 10.0 Å². The maximum atomic E-state index is 12.1. The number of hydrogen-bond acceptors (Lipinski definition) is 5. The van der Waals surface area contributed by atoms with Gasteiger partial charge in [0, 0.05) is 6.20 Å². The Morgan fingerprint density at radius 2 is 2.00 bits per heavy atom. The first kappa shape index (κ1) is 14.9. The molecule has 0 aliphatic heterocycles. The lowest BCUT2D eigenvalue weighted by atomic mass is 9.96. The fourth-order valence-electron chi connectivity index (χ4n) is 1.54. The standard InChI is InChI=1S/C11H19N3O3S/c1-3-11(4-2,8-15)14-18(16,17)9-5-6-10(12)13-7-9/h5-7,14-15H,3-4,8H2,1-2H3,(H2,12,13). The monoisotopic (exact) mass is 273 g/mol. The highest BCUT2D eigenvalue weighted by molar-refractivity contribution is 7.89. The number of aromatic nitrogens is 1. The molecular formula is C11H19N3O3S. The molecule has 1 rings (SSSR count). The van der Waals surface area contributed by atoms with Gasteiger partial charge in [0.25, 0.3) is 0 Å². The smallest absolute Gasteiger partial charge is 0.242 e. The zero-order valence-electron chi connectivity index (χ0n) is 10.5. The average Bonchev–Trinajstić information content (AvgIpc) is 2.37. The minimum Gasteiger partial charge on any atom is -0.394 e. The molecule has 1 aromatic rings. The predicted octanol–water partition coefficient (Wildman–Crippen LogP) is 0.493. The highest BCUT2D eigenvalue weighted by Gasteiger charge is 2.31. The molecule has 0 bridgehead atoms. The Balaban J connectivity index is 3.04. The lowest BCUT2D eigenvalue weighted by Crippen LogP contribution is -2.50. The summed E-state index contributed by atoms with van der Waals surface area (Å²) < 4.78 is 26.8. The predicted molar refractivity (Wildman–Crippen MR) is 69.4 cm³/mol. The van der Waals surface area contributed by atoms with E-state index in [1.165, 1.54) is 18.3 Å². The van der Waals surface area contributed by atoms with Crippen LogP contribution in [0, 0.1) is 0 Å². The Hall–Kier alpha value is -1.18. The van der Waals surface area contributed by atoms with Gasteiger partial charge in [0.15, 0.2) is 0 Å². The number of rotatable bonds is 6. The van der Waals surface area contributed by atoms with E-state index in [1.54, 1.807) is 0 Å². The summed E-state index contributed by atoms with van der Waals surface area (Å²) in [6, 6.07) is 2.81. The summed E-state index contributed by atoms with van der Waals surface area (Å²) in [4.78, 5) is 3.79. The highest BCUT2D eigenvalue weighted by Crippen LogP contribution is 2.19. The number of nitrogens with two attached hydrogens (primary N) is 1. The Bertz CT molecular complexity index is 472. The SMILES string of the molecule is CCC(CC)(CO)NS(=O)(=O)c1ccc(N)nc1. The van der Waals surface area contributed by atoms with E-state index in [1.807, 2.05) is 13.8 Å². The van der Waals surface area contributed by atoms with Crippen LogP contribution in [0.2, 0.25) is 0 Å². The molecule has 1 aromatic heterocycles. The van der Waals surface area contributed by atoms with E-state index < -0.39 is 15.6 Å². The van der Waals surface area contributed by atoms with Crippen molar-refractivity contribution in [1.82, 2.24) is 9.71 Å². The van der Waals surface area contributed by atoms with E-state index in [2.05, 4.69) is 9.71 Å². The molecule has 0 radical (unpaired) electrons. The number of sulfonamides is 1. The number of anilines is 1. The summed E-state index contributed by atoms with van der Waals surface area (Å²) in [5.74, 6) is 0.258. The first-order valence-corrected chi connectivity index (χ1v) is 7.24. The minimum absolute atomic E-state index is 0.0384. The van der Waals surface area contributed by atoms with Gasteiger partial charge in [0.2, 0.25) is 10.0 Å². The van der Waals surface area contributed by atoms with Crippen molar-refractivity contribution in [2.75, 3.05) is 12.3 Å². The Morgan fingerprint density at radius 1 is 1.39 bits per heavy atom. The van der Waals surface area contributed by atoms with Crippen LogP contribution in [0.5, 0.6) is 0 Å². The van der Waals surface area contributed by atoms with Gasteiger partial charge in [-0.25, -0.2) is 18.1 Å². The minimum atomic E-state index is -3.70. The van der Waals surface area contributed by atoms with E-state index in [0.29, 0.717) is 12.8 Å². The van der Waals surface area contributed by atoms with Gasteiger partial charge in [-0.2, -0.15) is 0 Å². The Labute approximate surface area is 107 Å². The van der Waals surface area contributed by atoms with Crippen LogP contribution in [-0.4, -0.2) is 30.7 Å². The summed E-state index contributed by atoms with van der Waals surface area (Å²) in [5.41, 5.74) is 4.58. The second kappa shape index (κ2) is 5.64. The molecule has 0 atom stereocenters. The molecule has 18 heavy (non-hydrogen) atoms. The van der Waals surface area contributed by atoms with Crippen molar-refractivity contribution in [3.63, 3.8) is 0 Å². The third-order valence-electron chi connectivity index (χ3n) is 3.08. The maximum absolute atomic E-state index is 12.1. The van der Waals surface area contributed by atoms with E-state index in [0.717, 1.165) is 0 Å². The van der Waals surface area contributed by atoms with Crippen molar-refractivity contribution >= 4 is 15.8 Å². The number of nitrogen functional groups attached to an aromatic ring is 1. The van der Waals surface area contributed by atoms with Crippen LogP contribution in [0.1, 0.15) is 26.7 Å². The number of nitrogens with zero attached hydrogens (tertiary/aromatic N) is 1. The molecule has 0 aromatic carbocycles. The van der Waals surface area contributed by atoms with Crippen molar-refractivity contribution in [2.45, 2.75) is 37.1 Å². The molecule has 0 saturated carbocycles. The Morgan fingerprint density at radius 3 is 2.39 bits per heavy atom. The quantitative estimate of drug-likeness (QED) is 0.699. The Kier molecular flexibility index (Phi) is 4.66. The molecule has 1 heterocycles. The zero-order chi connectivity index (χ0) is 13.8. The fraction of sp³-hybridized carbons (Fsp3) is 0.545. The molecular weight excluding hydrogens is 254 g/mol. The first-order valence-electron chi connectivity index (χ1n) is 5.75. The average molecular weight is 273 g/mol. The van der Waals surface area contributed by atoms with Crippen molar-refractivity contribution in [1.29, 1.82) is 0 Å². The van der Waals surface area contributed by atoms with E-state index in [9.17, 15) is 13.5 Å². The van der Waals surface area contributed by atoms with E-state index >= 15 is 0 Å². The molecule has 0 unspecified atom stereocenters. The fourth-order valence-corrected chi connectivity index (χ4v) is 3.02. The lowest BCUT2D eigenvalue weighted by molar-refractivity contribution is 0.172. The lowest BCUT2D eigenvalue weighted by Gasteiger charge is -2.30. The molecule has 0 amide bonds. The summed E-state index contributed by atoms with van der Waals surface area (Å²) in [7, 11) is -3.70. The van der Waals surface area contributed by atoms with E-state index in [-0.39, 0.29) is 17.3 Å². The largest absolute Gasteiger partial charge is 0.394 e. The van der Waals surface area contributed by atoms with Crippen LogP contribution in [0.3, 0.4) is 0 Å². The van der Waals surface area contributed by atoms with Gasteiger partial charge in [-0.1, -0.05) is 13.8 Å². The molecule has 0 fully saturated rings. The van der Waals surface area contributed by atoms with Crippen LogP contribution < -0.4 is 10.5 Å². The molecule has 0 aliphatic carbocycles. The highest BCUT2D eigenvalue weighted by atomic mass is 32.2. The summed E-state index contributed by atoms with van der Waals surface area (Å²) in [6.07, 6.45) is 2.20.